The van der Waals surface area contributed by atoms with Gasteiger partial charge in [-0.25, -0.2) is 0 Å². The van der Waals surface area contributed by atoms with E-state index in [0.717, 1.165) is 27.8 Å². The molecule has 2 amide bonds. The van der Waals surface area contributed by atoms with Gasteiger partial charge in [0.15, 0.2) is 0 Å². The Morgan fingerprint density at radius 3 is 2.91 bits per heavy atom. The van der Waals surface area contributed by atoms with Crippen molar-refractivity contribution in [1.29, 1.82) is 0 Å². The molecule has 3 heterocycles. The summed E-state index contributed by atoms with van der Waals surface area (Å²) in [5.41, 5.74) is 4.49. The molecule has 1 atom stereocenters. The summed E-state index contributed by atoms with van der Waals surface area (Å²) in [6.07, 6.45) is 1.16. The van der Waals surface area contributed by atoms with Crippen LogP contribution in [0.1, 0.15) is 39.9 Å². The van der Waals surface area contributed by atoms with E-state index >= 15 is 0 Å². The van der Waals surface area contributed by atoms with Crippen LogP contribution in [0.3, 0.4) is 0 Å². The largest absolute Gasteiger partial charge is 0.354 e. The standard InChI is InChI=1S/C23H22ClN5O3/c1-13-2-4-15(9-19(13)24)21-27-23(32-28-21)26-10-14-3-6-18-16(8-14)12-29(22(18)31)17-5-7-20(30)25-11-17/h2-4,6,8-9,17H,5,7,10-12H2,1H3,(H,25,30)(H,26,27,28). The van der Waals surface area contributed by atoms with E-state index in [1.807, 2.05) is 48.2 Å². The van der Waals surface area contributed by atoms with Crippen LogP contribution in [0, 0.1) is 6.92 Å². The molecule has 164 valence electrons. The van der Waals surface area contributed by atoms with Crippen molar-refractivity contribution in [2.45, 2.75) is 38.9 Å². The average Bonchev–Trinajstić information content (AvgIpc) is 3.39. The van der Waals surface area contributed by atoms with Crippen molar-refractivity contribution in [2.24, 2.45) is 0 Å². The van der Waals surface area contributed by atoms with Crippen LogP contribution in [-0.4, -0.2) is 39.4 Å². The summed E-state index contributed by atoms with van der Waals surface area (Å²) in [4.78, 5) is 30.5. The number of piperidine rings is 1. The first-order chi connectivity index (χ1) is 15.5. The van der Waals surface area contributed by atoms with Crippen LogP contribution in [0.5, 0.6) is 0 Å². The van der Waals surface area contributed by atoms with Gasteiger partial charge in [-0.1, -0.05) is 41.0 Å². The molecule has 1 aromatic heterocycles. The molecular formula is C23H22ClN5O3. The SMILES string of the molecule is Cc1ccc(-c2noc(NCc3ccc4c(c3)CN(C3CCC(=O)NC3)C4=O)n2)cc1Cl. The molecule has 0 saturated carbocycles. The molecule has 0 spiro atoms. The Labute approximate surface area is 189 Å². The quantitative estimate of drug-likeness (QED) is 0.615. The number of carbonyl (C=O) groups excluding carboxylic acids is 2. The molecule has 2 N–H and O–H groups in total. The highest BCUT2D eigenvalue weighted by molar-refractivity contribution is 6.31. The molecule has 2 aromatic carbocycles. The molecule has 0 bridgehead atoms. The van der Waals surface area contributed by atoms with Crippen LogP contribution in [0.2, 0.25) is 5.02 Å². The van der Waals surface area contributed by atoms with E-state index in [1.54, 1.807) is 0 Å². The lowest BCUT2D eigenvalue weighted by Gasteiger charge is -2.31. The third-order valence-electron chi connectivity index (χ3n) is 5.98. The number of amides is 2. The van der Waals surface area contributed by atoms with Gasteiger partial charge in [0.05, 0.1) is 6.04 Å². The summed E-state index contributed by atoms with van der Waals surface area (Å²) in [6, 6.07) is 11.8. The Morgan fingerprint density at radius 2 is 2.12 bits per heavy atom. The van der Waals surface area contributed by atoms with E-state index in [0.29, 0.717) is 49.3 Å². The highest BCUT2D eigenvalue weighted by Crippen LogP contribution is 2.28. The number of anilines is 1. The lowest BCUT2D eigenvalue weighted by molar-refractivity contribution is -0.123. The highest BCUT2D eigenvalue weighted by atomic mass is 35.5. The van der Waals surface area contributed by atoms with Crippen molar-refractivity contribution < 1.29 is 14.1 Å². The second kappa shape index (κ2) is 8.27. The Hall–Kier alpha value is -3.39. The first kappa shape index (κ1) is 20.5. The molecule has 5 rings (SSSR count). The first-order valence-corrected chi connectivity index (χ1v) is 10.9. The molecule has 9 heteroatoms. The smallest absolute Gasteiger partial charge is 0.322 e. The number of halogens is 1. The normalized spacial score (nSPS) is 17.9. The maximum absolute atomic E-state index is 12.8. The molecule has 8 nitrogen and oxygen atoms in total. The van der Waals surface area contributed by atoms with Gasteiger partial charge in [-0.15, -0.1) is 0 Å². The lowest BCUT2D eigenvalue weighted by Crippen LogP contribution is -2.48. The molecule has 0 radical (unpaired) electrons. The summed E-state index contributed by atoms with van der Waals surface area (Å²) in [6.45, 7) is 3.49. The van der Waals surface area contributed by atoms with Crippen LogP contribution in [-0.2, 0) is 17.9 Å². The van der Waals surface area contributed by atoms with Crippen LogP contribution >= 0.6 is 11.6 Å². The fourth-order valence-electron chi connectivity index (χ4n) is 4.11. The van der Waals surface area contributed by atoms with Gasteiger partial charge in [0, 0.05) is 42.2 Å². The number of hydrogen-bond acceptors (Lipinski definition) is 6. The van der Waals surface area contributed by atoms with Gasteiger partial charge in [-0.3, -0.25) is 9.59 Å². The van der Waals surface area contributed by atoms with E-state index in [1.165, 1.54) is 0 Å². The molecule has 1 unspecified atom stereocenters. The number of benzene rings is 2. The molecule has 3 aromatic rings. The number of nitrogens with zero attached hydrogens (tertiary/aromatic N) is 3. The molecule has 0 aliphatic carbocycles. The molecule has 2 aliphatic heterocycles. The Kier molecular flexibility index (Phi) is 5.30. The topological polar surface area (TPSA) is 100 Å². The molecular weight excluding hydrogens is 430 g/mol. The van der Waals surface area contributed by atoms with E-state index in [-0.39, 0.29) is 17.9 Å². The molecule has 1 fully saturated rings. The predicted octanol–water partition coefficient (Wildman–Crippen LogP) is 3.54. The van der Waals surface area contributed by atoms with Crippen molar-refractivity contribution in [1.82, 2.24) is 20.4 Å². The lowest BCUT2D eigenvalue weighted by atomic mass is 10.1. The van der Waals surface area contributed by atoms with Crippen LogP contribution < -0.4 is 10.6 Å². The van der Waals surface area contributed by atoms with Crippen LogP contribution in [0.25, 0.3) is 11.4 Å². The number of hydrogen-bond donors (Lipinski definition) is 2. The van der Waals surface area contributed by atoms with Crippen molar-refractivity contribution >= 4 is 29.4 Å². The summed E-state index contributed by atoms with van der Waals surface area (Å²) < 4.78 is 5.31. The van der Waals surface area contributed by atoms with E-state index in [2.05, 4.69) is 20.8 Å². The highest BCUT2D eigenvalue weighted by Gasteiger charge is 2.34. The zero-order valence-electron chi connectivity index (χ0n) is 17.5. The fourth-order valence-corrected chi connectivity index (χ4v) is 4.29. The van der Waals surface area contributed by atoms with Gasteiger partial charge in [-0.05, 0) is 42.2 Å². The van der Waals surface area contributed by atoms with Gasteiger partial charge in [-0.2, -0.15) is 4.98 Å². The van der Waals surface area contributed by atoms with Gasteiger partial charge < -0.3 is 20.1 Å². The van der Waals surface area contributed by atoms with Gasteiger partial charge in [0.1, 0.15) is 0 Å². The minimum absolute atomic E-state index is 0.0268. The number of aromatic nitrogens is 2. The second-order valence-electron chi connectivity index (χ2n) is 8.16. The zero-order valence-corrected chi connectivity index (χ0v) is 18.3. The molecule has 1 saturated heterocycles. The maximum Gasteiger partial charge on any atom is 0.322 e. The monoisotopic (exact) mass is 451 g/mol. The van der Waals surface area contributed by atoms with Crippen LogP contribution in [0.15, 0.2) is 40.9 Å². The first-order valence-electron chi connectivity index (χ1n) is 10.5. The predicted molar refractivity (Wildman–Crippen MR) is 119 cm³/mol. The average molecular weight is 452 g/mol. The van der Waals surface area contributed by atoms with Crippen LogP contribution in [0.4, 0.5) is 6.01 Å². The Morgan fingerprint density at radius 1 is 1.25 bits per heavy atom. The zero-order chi connectivity index (χ0) is 22.2. The van der Waals surface area contributed by atoms with E-state index in [9.17, 15) is 9.59 Å². The number of fused-ring (bicyclic) bond motifs is 1. The number of rotatable bonds is 5. The maximum atomic E-state index is 12.8. The Bertz CT molecular complexity index is 1200. The minimum Gasteiger partial charge on any atom is -0.354 e. The second-order valence-corrected chi connectivity index (χ2v) is 8.57. The van der Waals surface area contributed by atoms with Gasteiger partial charge in [0.25, 0.3) is 5.91 Å². The van der Waals surface area contributed by atoms with Gasteiger partial charge >= 0.3 is 6.01 Å². The number of carbonyl (C=O) groups is 2. The summed E-state index contributed by atoms with van der Waals surface area (Å²) in [5.74, 6) is 0.538. The summed E-state index contributed by atoms with van der Waals surface area (Å²) >= 11 is 6.19. The number of nitrogens with one attached hydrogen (secondary N) is 2. The van der Waals surface area contributed by atoms with E-state index < -0.39 is 0 Å². The summed E-state index contributed by atoms with van der Waals surface area (Å²) in [5, 5.41) is 10.7. The van der Waals surface area contributed by atoms with Crippen molar-refractivity contribution in [3.63, 3.8) is 0 Å². The van der Waals surface area contributed by atoms with Crippen molar-refractivity contribution in [2.75, 3.05) is 11.9 Å². The fraction of sp³-hybridized carbons (Fsp3) is 0.304. The summed E-state index contributed by atoms with van der Waals surface area (Å²) in [7, 11) is 0. The Balaban J connectivity index is 1.24. The third kappa shape index (κ3) is 3.93. The van der Waals surface area contributed by atoms with Gasteiger partial charge in [0.2, 0.25) is 11.7 Å². The third-order valence-corrected chi connectivity index (χ3v) is 6.39. The number of aryl methyl sites for hydroxylation is 1. The van der Waals surface area contributed by atoms with E-state index in [4.69, 9.17) is 16.1 Å². The minimum atomic E-state index is 0.0268. The van der Waals surface area contributed by atoms with Crippen molar-refractivity contribution in [3.8, 4) is 11.4 Å². The molecule has 2 aliphatic rings. The molecule has 32 heavy (non-hydrogen) atoms. The van der Waals surface area contributed by atoms with Crippen molar-refractivity contribution in [3.05, 3.63) is 63.7 Å².